The fraction of sp³-hybridized carbons (Fsp3) is 0.118. The van der Waals surface area contributed by atoms with Gasteiger partial charge in [-0.3, -0.25) is 0 Å². The largest absolute Gasteiger partial charge is 0.349 e. The maximum atomic E-state index is 4.73. The van der Waals surface area contributed by atoms with Crippen LogP contribution in [-0.4, -0.2) is 15.0 Å². The monoisotopic (exact) mass is 275 g/mol. The Bertz CT molecular complexity index is 969. The lowest BCUT2D eigenvalue weighted by molar-refractivity contribution is -0.646. The zero-order valence-corrected chi connectivity index (χ0v) is 12.0. The van der Waals surface area contributed by atoms with Crippen LogP contribution in [0.2, 0.25) is 0 Å². The van der Waals surface area contributed by atoms with E-state index >= 15 is 0 Å². The van der Waals surface area contributed by atoms with Crippen LogP contribution in [0.3, 0.4) is 0 Å². The van der Waals surface area contributed by atoms with Gasteiger partial charge in [0, 0.05) is 5.39 Å². The van der Waals surface area contributed by atoms with Gasteiger partial charge in [-0.15, -0.1) is 0 Å². The quantitative estimate of drug-likeness (QED) is 0.543. The third kappa shape index (κ3) is 1.88. The molecular weight excluding hydrogens is 260 g/mol. The predicted octanol–water partition coefficient (Wildman–Crippen LogP) is 2.91. The number of pyridine rings is 2. The van der Waals surface area contributed by atoms with Crippen molar-refractivity contribution >= 4 is 22.1 Å². The summed E-state index contributed by atoms with van der Waals surface area (Å²) in [7, 11) is 1.99. The number of aryl methyl sites for hydroxylation is 2. The van der Waals surface area contributed by atoms with E-state index in [4.69, 9.17) is 4.98 Å². The lowest BCUT2D eigenvalue weighted by Gasteiger charge is -2.02. The number of rotatable bonds is 1. The molecule has 0 spiro atoms. The van der Waals surface area contributed by atoms with E-state index in [-0.39, 0.29) is 0 Å². The van der Waals surface area contributed by atoms with Gasteiger partial charge in [0.2, 0.25) is 0 Å². The first kappa shape index (κ1) is 12.0. The van der Waals surface area contributed by atoms with Crippen molar-refractivity contribution in [3.8, 4) is 11.5 Å². The third-order valence-corrected chi connectivity index (χ3v) is 3.78. The maximum Gasteiger partial charge on any atom is 0.349 e. The number of para-hydroxylation sites is 1. The third-order valence-electron chi connectivity index (χ3n) is 3.78. The second-order valence-electron chi connectivity index (χ2n) is 5.28. The number of nitrogens with zero attached hydrogens (tertiary/aromatic N) is 3. The number of H-pyrrole nitrogens is 1. The van der Waals surface area contributed by atoms with Gasteiger partial charge in [0.05, 0.1) is 18.8 Å². The highest BCUT2D eigenvalue weighted by atomic mass is 15.1. The molecule has 3 heterocycles. The summed E-state index contributed by atoms with van der Waals surface area (Å²) >= 11 is 0. The first-order chi connectivity index (χ1) is 10.2. The van der Waals surface area contributed by atoms with E-state index in [1.165, 1.54) is 10.9 Å². The van der Waals surface area contributed by atoms with Crippen molar-refractivity contribution in [2.45, 2.75) is 6.92 Å². The Kier molecular flexibility index (Phi) is 2.51. The lowest BCUT2D eigenvalue weighted by Crippen LogP contribution is -2.28. The van der Waals surface area contributed by atoms with Crippen molar-refractivity contribution in [2.24, 2.45) is 7.05 Å². The molecule has 1 N–H and O–H groups in total. The van der Waals surface area contributed by atoms with Gasteiger partial charge in [0.25, 0.3) is 5.82 Å². The normalized spacial score (nSPS) is 11.3. The molecule has 4 aromatic rings. The Hall–Kier alpha value is -2.75. The van der Waals surface area contributed by atoms with E-state index in [1.54, 1.807) is 0 Å². The van der Waals surface area contributed by atoms with Crippen LogP contribution < -0.4 is 4.57 Å². The molecular formula is C17H15N4+. The van der Waals surface area contributed by atoms with Crippen LogP contribution in [0, 0.1) is 6.92 Å². The van der Waals surface area contributed by atoms with Crippen LogP contribution in [0.4, 0.5) is 0 Å². The predicted molar refractivity (Wildman–Crippen MR) is 82.7 cm³/mol. The number of nitrogens with one attached hydrogen (secondary N) is 1. The number of hydrogen-bond acceptors (Lipinski definition) is 2. The van der Waals surface area contributed by atoms with E-state index < -0.39 is 0 Å². The highest BCUT2D eigenvalue weighted by Crippen LogP contribution is 2.23. The van der Waals surface area contributed by atoms with Crippen molar-refractivity contribution in [2.75, 3.05) is 0 Å². The molecule has 0 fully saturated rings. The Balaban J connectivity index is 1.97. The summed E-state index contributed by atoms with van der Waals surface area (Å²) in [6.45, 7) is 2.11. The van der Waals surface area contributed by atoms with Crippen LogP contribution in [0.15, 0.2) is 48.7 Å². The summed E-state index contributed by atoms with van der Waals surface area (Å²) in [6.07, 6.45) is 1.99. The summed E-state index contributed by atoms with van der Waals surface area (Å²) in [5.74, 6) is 0.806. The standard InChI is InChI=1S/C17H14N4/c1-11-10-15(18-13-7-4-3-6-12(11)13)16-19-14-8-5-9-21(2)17(14)20-16/h3-10H,1-2H3/p+1. The molecule has 1 aromatic carbocycles. The summed E-state index contributed by atoms with van der Waals surface area (Å²) < 4.78 is 2.00. The smallest absolute Gasteiger partial charge is 0.310 e. The molecule has 0 unspecified atom stereocenters. The average molecular weight is 275 g/mol. The van der Waals surface area contributed by atoms with Crippen LogP contribution in [0.1, 0.15) is 5.56 Å². The van der Waals surface area contributed by atoms with Crippen molar-refractivity contribution in [3.05, 3.63) is 54.2 Å². The highest BCUT2D eigenvalue weighted by Gasteiger charge is 2.17. The first-order valence-electron chi connectivity index (χ1n) is 6.93. The summed E-state index contributed by atoms with van der Waals surface area (Å²) in [5, 5.41) is 1.18. The molecule has 0 saturated carbocycles. The van der Waals surface area contributed by atoms with E-state index in [0.717, 1.165) is 28.2 Å². The SMILES string of the molecule is Cc1cc(-c2nc3c(ccc[n+]3C)[nH]2)nc2ccccc12. The van der Waals surface area contributed by atoms with Gasteiger partial charge in [0.1, 0.15) is 11.2 Å². The summed E-state index contributed by atoms with van der Waals surface area (Å²) in [4.78, 5) is 12.8. The molecule has 3 aromatic heterocycles. The Labute approximate surface area is 122 Å². The second kappa shape index (κ2) is 4.38. The number of aromatic nitrogens is 4. The van der Waals surface area contributed by atoms with Crippen LogP contribution in [0.5, 0.6) is 0 Å². The Morgan fingerprint density at radius 3 is 2.76 bits per heavy atom. The minimum Gasteiger partial charge on any atom is -0.310 e. The molecule has 0 saturated heterocycles. The van der Waals surface area contributed by atoms with Gasteiger partial charge >= 0.3 is 5.65 Å². The van der Waals surface area contributed by atoms with Crippen LogP contribution in [-0.2, 0) is 7.05 Å². The van der Waals surface area contributed by atoms with Crippen LogP contribution >= 0.6 is 0 Å². The van der Waals surface area contributed by atoms with Crippen molar-refractivity contribution in [3.63, 3.8) is 0 Å². The molecule has 21 heavy (non-hydrogen) atoms. The number of imidazole rings is 1. The fourth-order valence-electron chi connectivity index (χ4n) is 2.69. The topological polar surface area (TPSA) is 45.5 Å². The number of fused-ring (bicyclic) bond motifs is 2. The molecule has 0 aliphatic rings. The van der Waals surface area contributed by atoms with E-state index in [0.29, 0.717) is 0 Å². The van der Waals surface area contributed by atoms with Crippen molar-refractivity contribution in [1.29, 1.82) is 0 Å². The maximum absolute atomic E-state index is 4.73. The molecule has 4 nitrogen and oxygen atoms in total. The molecule has 0 amide bonds. The van der Waals surface area contributed by atoms with Gasteiger partial charge in [-0.2, -0.15) is 0 Å². The minimum atomic E-state index is 0.806. The molecule has 0 aliphatic heterocycles. The number of hydrogen-bond donors (Lipinski definition) is 1. The van der Waals surface area contributed by atoms with Gasteiger partial charge in [0.15, 0.2) is 0 Å². The van der Waals surface area contributed by atoms with Crippen molar-refractivity contribution in [1.82, 2.24) is 15.0 Å². The minimum absolute atomic E-state index is 0.806. The van der Waals surface area contributed by atoms with Crippen molar-refractivity contribution < 1.29 is 4.57 Å². The average Bonchev–Trinajstić information content (AvgIpc) is 2.93. The van der Waals surface area contributed by atoms with Crippen LogP contribution in [0.25, 0.3) is 33.6 Å². The molecule has 0 bridgehead atoms. The number of benzene rings is 1. The van der Waals surface area contributed by atoms with Gasteiger partial charge in [-0.1, -0.05) is 18.2 Å². The summed E-state index contributed by atoms with van der Waals surface area (Å²) in [5.41, 5.74) is 5.03. The zero-order valence-electron chi connectivity index (χ0n) is 12.0. The number of aromatic amines is 1. The van der Waals surface area contributed by atoms with E-state index in [1.807, 2.05) is 48.1 Å². The first-order valence-corrected chi connectivity index (χ1v) is 6.93. The zero-order chi connectivity index (χ0) is 14.4. The molecule has 4 rings (SSSR count). The highest BCUT2D eigenvalue weighted by molar-refractivity contribution is 5.85. The molecule has 0 atom stereocenters. The Morgan fingerprint density at radius 2 is 1.90 bits per heavy atom. The summed E-state index contributed by atoms with van der Waals surface area (Å²) in [6, 6.07) is 14.3. The lowest BCUT2D eigenvalue weighted by atomic mass is 10.1. The van der Waals surface area contributed by atoms with Gasteiger partial charge < -0.3 is 4.98 Å². The van der Waals surface area contributed by atoms with Gasteiger partial charge in [-0.05, 0) is 41.7 Å². The van der Waals surface area contributed by atoms with Gasteiger partial charge in [-0.25, -0.2) is 9.55 Å². The second-order valence-corrected chi connectivity index (χ2v) is 5.28. The van der Waals surface area contributed by atoms with E-state index in [9.17, 15) is 0 Å². The molecule has 0 aliphatic carbocycles. The molecule has 0 radical (unpaired) electrons. The molecule has 4 heteroatoms. The Morgan fingerprint density at radius 1 is 1.05 bits per heavy atom. The fourth-order valence-corrected chi connectivity index (χ4v) is 2.69. The molecule has 102 valence electrons. The van der Waals surface area contributed by atoms with E-state index in [2.05, 4.69) is 29.0 Å².